The lowest BCUT2D eigenvalue weighted by molar-refractivity contribution is 0.373. The number of ether oxygens (including phenoxy) is 1. The monoisotopic (exact) mass is 380 g/mol. The second kappa shape index (κ2) is 6.81. The number of imidazole rings is 1. The number of hydrogen-bond donors (Lipinski definition) is 2. The van der Waals surface area contributed by atoms with Crippen LogP contribution in [0.15, 0.2) is 55.0 Å². The van der Waals surface area contributed by atoms with Gasteiger partial charge in [0.15, 0.2) is 17.1 Å². The summed E-state index contributed by atoms with van der Waals surface area (Å²) in [7, 11) is 1.51. The number of benzene rings is 2. The first kappa shape index (κ1) is 17.2. The van der Waals surface area contributed by atoms with E-state index in [1.165, 1.54) is 7.11 Å². The fraction of sp³-hybridized carbons (Fsp3) is 0.100. The third kappa shape index (κ3) is 3.15. The number of aromatic hydroxyl groups is 1. The molecule has 0 fully saturated rings. The fourth-order valence-electron chi connectivity index (χ4n) is 2.86. The number of phenols is 1. The molecule has 2 aromatic carbocycles. The minimum Gasteiger partial charge on any atom is -0.504 e. The smallest absolute Gasteiger partial charge is 0.161 e. The highest BCUT2D eigenvalue weighted by Gasteiger charge is 2.16. The first-order chi connectivity index (χ1) is 13.1. The van der Waals surface area contributed by atoms with Crippen LogP contribution < -0.4 is 10.1 Å². The molecule has 27 heavy (non-hydrogen) atoms. The van der Waals surface area contributed by atoms with Crippen LogP contribution in [-0.2, 0) is 0 Å². The highest BCUT2D eigenvalue weighted by molar-refractivity contribution is 6.31. The van der Waals surface area contributed by atoms with Crippen molar-refractivity contribution in [3.63, 3.8) is 0 Å². The molecule has 0 saturated carbocycles. The first-order valence-corrected chi connectivity index (χ1v) is 8.67. The minimum atomic E-state index is 0.0755. The molecule has 0 unspecified atom stereocenters. The van der Waals surface area contributed by atoms with Gasteiger partial charge in [0.25, 0.3) is 0 Å². The van der Waals surface area contributed by atoms with Crippen molar-refractivity contribution in [2.45, 2.75) is 6.92 Å². The Morgan fingerprint density at radius 3 is 2.81 bits per heavy atom. The van der Waals surface area contributed by atoms with Gasteiger partial charge in [0.2, 0.25) is 0 Å². The average Bonchev–Trinajstić information content (AvgIpc) is 3.04. The van der Waals surface area contributed by atoms with Gasteiger partial charge >= 0.3 is 0 Å². The standard InChI is InChI=1S/C20H17ClN4O2/c1-12-3-5-14(10-15(12)21)23-20-19(24-18-11-22-7-8-25(18)20)13-4-6-16(26)17(9-13)27-2/h3-11,23,26H,1-2H3. The average molecular weight is 381 g/mol. The van der Waals surface area contributed by atoms with Crippen LogP contribution in [-0.4, -0.2) is 26.6 Å². The number of hydrogen-bond acceptors (Lipinski definition) is 5. The van der Waals surface area contributed by atoms with Crippen LogP contribution in [0.4, 0.5) is 11.5 Å². The molecular formula is C20H17ClN4O2. The molecule has 0 bridgehead atoms. The van der Waals surface area contributed by atoms with Crippen LogP contribution in [0, 0.1) is 6.92 Å². The van der Waals surface area contributed by atoms with Crippen LogP contribution in [0.2, 0.25) is 5.02 Å². The van der Waals surface area contributed by atoms with E-state index < -0.39 is 0 Å². The quantitative estimate of drug-likeness (QED) is 0.531. The Morgan fingerprint density at radius 2 is 2.04 bits per heavy atom. The Balaban J connectivity index is 1.88. The first-order valence-electron chi connectivity index (χ1n) is 8.29. The van der Waals surface area contributed by atoms with Crippen molar-refractivity contribution in [1.82, 2.24) is 14.4 Å². The number of rotatable bonds is 4. The Labute approximate surface area is 161 Å². The van der Waals surface area contributed by atoms with Crippen molar-refractivity contribution in [3.8, 4) is 22.8 Å². The highest BCUT2D eigenvalue weighted by atomic mass is 35.5. The summed E-state index contributed by atoms with van der Waals surface area (Å²) in [4.78, 5) is 8.84. The van der Waals surface area contributed by atoms with Gasteiger partial charge in [-0.3, -0.25) is 9.38 Å². The topological polar surface area (TPSA) is 71.7 Å². The summed E-state index contributed by atoms with van der Waals surface area (Å²) in [6, 6.07) is 10.9. The molecule has 4 aromatic rings. The minimum absolute atomic E-state index is 0.0755. The lowest BCUT2D eigenvalue weighted by Gasteiger charge is -2.11. The number of fused-ring (bicyclic) bond motifs is 1. The van der Waals surface area contributed by atoms with Crippen LogP contribution in [0.1, 0.15) is 5.56 Å². The fourth-order valence-corrected chi connectivity index (χ4v) is 3.04. The summed E-state index contributed by atoms with van der Waals surface area (Å²) < 4.78 is 7.15. The molecule has 4 rings (SSSR count). The van der Waals surface area contributed by atoms with Gasteiger partial charge in [-0.05, 0) is 42.8 Å². The van der Waals surface area contributed by atoms with Crippen LogP contribution in [0.5, 0.6) is 11.5 Å². The summed E-state index contributed by atoms with van der Waals surface area (Å²) >= 11 is 6.27. The van der Waals surface area contributed by atoms with Crippen molar-refractivity contribution >= 4 is 28.8 Å². The van der Waals surface area contributed by atoms with Gasteiger partial charge in [-0.15, -0.1) is 0 Å². The third-order valence-corrected chi connectivity index (χ3v) is 4.73. The highest BCUT2D eigenvalue weighted by Crippen LogP contribution is 2.36. The van der Waals surface area contributed by atoms with Gasteiger partial charge in [-0.25, -0.2) is 4.98 Å². The molecule has 6 nitrogen and oxygen atoms in total. The van der Waals surface area contributed by atoms with Gasteiger partial charge in [0.1, 0.15) is 11.5 Å². The Hall–Kier alpha value is -3.25. The number of nitrogens with one attached hydrogen (secondary N) is 1. The predicted molar refractivity (Wildman–Crippen MR) is 106 cm³/mol. The number of nitrogens with zero attached hydrogens (tertiary/aromatic N) is 3. The number of methoxy groups -OCH3 is 1. The van der Waals surface area contributed by atoms with Crippen molar-refractivity contribution < 1.29 is 9.84 Å². The number of aryl methyl sites for hydroxylation is 1. The normalized spacial score (nSPS) is 10.9. The van der Waals surface area contributed by atoms with E-state index >= 15 is 0 Å². The van der Waals surface area contributed by atoms with E-state index in [1.807, 2.05) is 35.7 Å². The van der Waals surface area contributed by atoms with Gasteiger partial charge in [-0.2, -0.15) is 0 Å². The van der Waals surface area contributed by atoms with Crippen molar-refractivity contribution in [3.05, 3.63) is 65.6 Å². The van der Waals surface area contributed by atoms with Crippen LogP contribution in [0.25, 0.3) is 16.9 Å². The van der Waals surface area contributed by atoms with Crippen molar-refractivity contribution in [2.24, 2.45) is 0 Å². The third-order valence-electron chi connectivity index (χ3n) is 4.32. The molecular weight excluding hydrogens is 364 g/mol. The number of anilines is 2. The summed E-state index contributed by atoms with van der Waals surface area (Å²) in [5.41, 5.74) is 4.05. The predicted octanol–water partition coefficient (Wildman–Crippen LogP) is 4.82. The SMILES string of the molecule is COc1cc(-c2nc3cnccn3c2Nc2ccc(C)c(Cl)c2)ccc1O. The lowest BCUT2D eigenvalue weighted by atomic mass is 10.1. The van der Waals surface area contributed by atoms with E-state index in [9.17, 15) is 5.11 Å². The van der Waals surface area contributed by atoms with E-state index in [0.717, 1.165) is 22.6 Å². The second-order valence-electron chi connectivity index (χ2n) is 6.09. The molecule has 2 aromatic heterocycles. The summed E-state index contributed by atoms with van der Waals surface area (Å²) in [5.74, 6) is 1.22. The number of aromatic nitrogens is 3. The zero-order chi connectivity index (χ0) is 19.0. The van der Waals surface area contributed by atoms with E-state index in [2.05, 4.69) is 10.3 Å². The van der Waals surface area contributed by atoms with E-state index in [-0.39, 0.29) is 5.75 Å². The molecule has 0 aliphatic rings. The maximum atomic E-state index is 9.89. The molecule has 136 valence electrons. The summed E-state index contributed by atoms with van der Waals surface area (Å²) in [6.07, 6.45) is 5.22. The molecule has 0 aliphatic heterocycles. The van der Waals surface area contributed by atoms with E-state index in [1.54, 1.807) is 30.6 Å². The molecule has 0 atom stereocenters. The maximum absolute atomic E-state index is 9.89. The molecule has 0 aliphatic carbocycles. The zero-order valence-corrected chi connectivity index (χ0v) is 15.5. The summed E-state index contributed by atoms with van der Waals surface area (Å²) in [6.45, 7) is 1.96. The second-order valence-corrected chi connectivity index (χ2v) is 6.50. The van der Waals surface area contributed by atoms with E-state index in [4.69, 9.17) is 21.3 Å². The number of phenolic OH excluding ortho intramolecular Hbond substituents is 1. The molecule has 0 saturated heterocycles. The molecule has 0 amide bonds. The summed E-state index contributed by atoms with van der Waals surface area (Å²) in [5, 5.41) is 14.0. The molecule has 7 heteroatoms. The molecule has 2 heterocycles. The number of halogens is 1. The van der Waals surface area contributed by atoms with Crippen LogP contribution in [0.3, 0.4) is 0 Å². The largest absolute Gasteiger partial charge is 0.504 e. The molecule has 0 spiro atoms. The molecule has 2 N–H and O–H groups in total. The van der Waals surface area contributed by atoms with E-state index in [0.29, 0.717) is 22.1 Å². The van der Waals surface area contributed by atoms with Gasteiger partial charge in [-0.1, -0.05) is 17.7 Å². The Morgan fingerprint density at radius 1 is 1.19 bits per heavy atom. The Kier molecular flexibility index (Phi) is 4.33. The van der Waals surface area contributed by atoms with Crippen LogP contribution >= 0.6 is 11.6 Å². The van der Waals surface area contributed by atoms with Crippen molar-refractivity contribution in [1.29, 1.82) is 0 Å². The van der Waals surface area contributed by atoms with Gasteiger partial charge in [0.05, 0.1) is 13.3 Å². The molecule has 0 radical (unpaired) electrons. The zero-order valence-electron chi connectivity index (χ0n) is 14.8. The van der Waals surface area contributed by atoms with Gasteiger partial charge in [0, 0.05) is 28.7 Å². The van der Waals surface area contributed by atoms with Crippen molar-refractivity contribution in [2.75, 3.05) is 12.4 Å². The Bertz CT molecular complexity index is 1140. The van der Waals surface area contributed by atoms with Gasteiger partial charge < -0.3 is 15.2 Å². The maximum Gasteiger partial charge on any atom is 0.161 e. The lowest BCUT2D eigenvalue weighted by Crippen LogP contribution is -1.97.